The van der Waals surface area contributed by atoms with Crippen LogP contribution >= 0.6 is 0 Å². The van der Waals surface area contributed by atoms with Crippen molar-refractivity contribution < 1.29 is 14.3 Å². The molecule has 14 heavy (non-hydrogen) atoms. The Morgan fingerprint density at radius 3 is 2.00 bits per heavy atom. The summed E-state index contributed by atoms with van der Waals surface area (Å²) in [6, 6.07) is 0. The van der Waals surface area contributed by atoms with Crippen molar-refractivity contribution in [1.29, 1.82) is 0 Å². The molecule has 0 fully saturated rings. The molecule has 3 unspecified atom stereocenters. The molecule has 0 bridgehead atoms. The monoisotopic (exact) mass is 202 g/mol. The Labute approximate surface area is 86.8 Å². The number of ether oxygens (including phenoxy) is 2. The highest BCUT2D eigenvalue weighted by Gasteiger charge is 2.18. The van der Waals surface area contributed by atoms with Gasteiger partial charge in [0.05, 0.1) is 12.2 Å². The zero-order chi connectivity index (χ0) is 11.1. The molecule has 0 aliphatic heterocycles. The molecular formula is C11H22O3. The first-order valence-corrected chi connectivity index (χ1v) is 5.37. The van der Waals surface area contributed by atoms with Crippen LogP contribution in [-0.4, -0.2) is 24.3 Å². The van der Waals surface area contributed by atoms with Gasteiger partial charge in [-0.25, -0.2) is 4.79 Å². The summed E-state index contributed by atoms with van der Waals surface area (Å²) in [7, 11) is 0. The lowest BCUT2D eigenvalue weighted by atomic mass is 10.3. The fraction of sp³-hybridized carbons (Fsp3) is 0.909. The average molecular weight is 202 g/mol. The van der Waals surface area contributed by atoms with Crippen molar-refractivity contribution in [2.75, 3.05) is 0 Å². The first-order valence-electron chi connectivity index (χ1n) is 5.37. The third kappa shape index (κ3) is 5.22. The summed E-state index contributed by atoms with van der Waals surface area (Å²) >= 11 is 0. The molecule has 0 radical (unpaired) electrons. The van der Waals surface area contributed by atoms with Gasteiger partial charge in [0, 0.05) is 0 Å². The van der Waals surface area contributed by atoms with Crippen molar-refractivity contribution in [2.45, 2.75) is 65.8 Å². The Bertz CT molecular complexity index is 168. The quantitative estimate of drug-likeness (QED) is 0.621. The van der Waals surface area contributed by atoms with Gasteiger partial charge in [-0.3, -0.25) is 0 Å². The smallest absolute Gasteiger partial charge is 0.335 e. The molecule has 0 aliphatic rings. The van der Waals surface area contributed by atoms with Gasteiger partial charge in [0.15, 0.2) is 6.10 Å². The number of carbonyl (C=O) groups excluding carboxylic acids is 1. The summed E-state index contributed by atoms with van der Waals surface area (Å²) in [6.07, 6.45) is 1.36. The van der Waals surface area contributed by atoms with Crippen molar-refractivity contribution in [2.24, 2.45) is 0 Å². The molecule has 0 saturated carbocycles. The van der Waals surface area contributed by atoms with Crippen LogP contribution in [0.25, 0.3) is 0 Å². The van der Waals surface area contributed by atoms with E-state index in [2.05, 4.69) is 0 Å². The lowest BCUT2D eigenvalue weighted by molar-refractivity contribution is -0.163. The van der Waals surface area contributed by atoms with E-state index < -0.39 is 6.10 Å². The topological polar surface area (TPSA) is 35.5 Å². The van der Waals surface area contributed by atoms with Crippen molar-refractivity contribution in [3.63, 3.8) is 0 Å². The molecule has 0 N–H and O–H groups in total. The molecule has 84 valence electrons. The van der Waals surface area contributed by atoms with E-state index in [4.69, 9.17) is 9.47 Å². The van der Waals surface area contributed by atoms with Gasteiger partial charge in [-0.05, 0) is 33.6 Å². The minimum absolute atomic E-state index is 0.0227. The molecule has 0 spiro atoms. The first kappa shape index (κ1) is 13.4. The largest absolute Gasteiger partial charge is 0.461 e. The molecular weight excluding hydrogens is 180 g/mol. The summed E-state index contributed by atoms with van der Waals surface area (Å²) in [6.45, 7) is 9.58. The average Bonchev–Trinajstić information content (AvgIpc) is 2.17. The van der Waals surface area contributed by atoms with Crippen LogP contribution in [0.4, 0.5) is 0 Å². The summed E-state index contributed by atoms with van der Waals surface area (Å²) < 4.78 is 10.6. The van der Waals surface area contributed by atoms with E-state index in [0.29, 0.717) is 0 Å². The van der Waals surface area contributed by atoms with Crippen molar-refractivity contribution in [3.05, 3.63) is 0 Å². The Morgan fingerprint density at radius 2 is 1.57 bits per heavy atom. The third-order valence-electron chi connectivity index (χ3n) is 2.24. The van der Waals surface area contributed by atoms with Crippen LogP contribution < -0.4 is 0 Å². The van der Waals surface area contributed by atoms with Crippen molar-refractivity contribution in [3.8, 4) is 0 Å². The molecule has 0 aromatic carbocycles. The highest BCUT2D eigenvalue weighted by Crippen LogP contribution is 2.06. The zero-order valence-electron chi connectivity index (χ0n) is 9.87. The van der Waals surface area contributed by atoms with Crippen molar-refractivity contribution in [1.82, 2.24) is 0 Å². The number of esters is 1. The fourth-order valence-corrected chi connectivity index (χ4v) is 0.878. The molecule has 0 aromatic rings. The number of hydrogen-bond donors (Lipinski definition) is 0. The first-order chi connectivity index (χ1) is 6.51. The highest BCUT2D eigenvalue weighted by molar-refractivity contribution is 5.74. The third-order valence-corrected chi connectivity index (χ3v) is 2.24. The Morgan fingerprint density at radius 1 is 1.07 bits per heavy atom. The molecule has 0 rings (SSSR count). The molecule has 3 nitrogen and oxygen atoms in total. The molecule has 0 saturated heterocycles. The van der Waals surface area contributed by atoms with Gasteiger partial charge in [-0.15, -0.1) is 0 Å². The van der Waals surface area contributed by atoms with E-state index in [1.165, 1.54) is 0 Å². The predicted molar refractivity (Wildman–Crippen MR) is 56.1 cm³/mol. The zero-order valence-corrected chi connectivity index (χ0v) is 9.87. The summed E-state index contributed by atoms with van der Waals surface area (Å²) in [5.74, 6) is -0.264. The number of carbonyl (C=O) groups is 1. The van der Waals surface area contributed by atoms with E-state index in [1.54, 1.807) is 6.92 Å². The SMILES string of the molecule is CCC(C)OC(=O)C(C)OC(C)CC. The Hall–Kier alpha value is -0.570. The van der Waals surface area contributed by atoms with E-state index in [1.807, 2.05) is 27.7 Å². The second-order valence-corrected chi connectivity index (χ2v) is 3.65. The standard InChI is InChI=1S/C11H22O3/c1-6-8(3)13-10(5)11(12)14-9(4)7-2/h8-10H,6-7H2,1-5H3. The lowest BCUT2D eigenvalue weighted by Gasteiger charge is -2.19. The Kier molecular flexibility index (Phi) is 6.54. The van der Waals surface area contributed by atoms with Gasteiger partial charge >= 0.3 is 5.97 Å². The van der Waals surface area contributed by atoms with Crippen LogP contribution in [0.15, 0.2) is 0 Å². The van der Waals surface area contributed by atoms with Crippen LogP contribution in [0, 0.1) is 0 Å². The molecule has 0 aliphatic carbocycles. The van der Waals surface area contributed by atoms with Crippen LogP contribution in [0.1, 0.15) is 47.5 Å². The van der Waals surface area contributed by atoms with Crippen LogP contribution in [-0.2, 0) is 14.3 Å². The number of hydrogen-bond acceptors (Lipinski definition) is 3. The van der Waals surface area contributed by atoms with Crippen LogP contribution in [0.3, 0.4) is 0 Å². The highest BCUT2D eigenvalue weighted by atomic mass is 16.6. The summed E-state index contributed by atoms with van der Waals surface area (Å²) in [5, 5.41) is 0. The second kappa shape index (κ2) is 6.82. The van der Waals surface area contributed by atoms with Gasteiger partial charge in [0.2, 0.25) is 0 Å². The van der Waals surface area contributed by atoms with Crippen molar-refractivity contribution >= 4 is 5.97 Å². The Balaban J connectivity index is 3.87. The van der Waals surface area contributed by atoms with Gasteiger partial charge in [-0.2, -0.15) is 0 Å². The van der Waals surface area contributed by atoms with E-state index >= 15 is 0 Å². The van der Waals surface area contributed by atoms with E-state index in [-0.39, 0.29) is 18.2 Å². The minimum Gasteiger partial charge on any atom is -0.461 e. The van der Waals surface area contributed by atoms with E-state index in [9.17, 15) is 4.79 Å². The fourth-order valence-electron chi connectivity index (χ4n) is 0.878. The summed E-state index contributed by atoms with van der Waals surface area (Å²) in [5.41, 5.74) is 0. The van der Waals surface area contributed by atoms with Gasteiger partial charge in [-0.1, -0.05) is 13.8 Å². The predicted octanol–water partition coefficient (Wildman–Crippen LogP) is 2.53. The lowest BCUT2D eigenvalue weighted by Crippen LogP contribution is -2.29. The van der Waals surface area contributed by atoms with Crippen LogP contribution in [0.5, 0.6) is 0 Å². The summed E-state index contributed by atoms with van der Waals surface area (Å²) in [4.78, 5) is 11.4. The molecule has 0 amide bonds. The second-order valence-electron chi connectivity index (χ2n) is 3.65. The maximum Gasteiger partial charge on any atom is 0.335 e. The van der Waals surface area contributed by atoms with E-state index in [0.717, 1.165) is 12.8 Å². The molecule has 0 heterocycles. The van der Waals surface area contributed by atoms with Crippen LogP contribution in [0.2, 0.25) is 0 Å². The van der Waals surface area contributed by atoms with Gasteiger partial charge in [0.1, 0.15) is 0 Å². The molecule has 3 atom stereocenters. The van der Waals surface area contributed by atoms with Gasteiger partial charge in [0.25, 0.3) is 0 Å². The van der Waals surface area contributed by atoms with Gasteiger partial charge < -0.3 is 9.47 Å². The normalized spacial score (nSPS) is 17.2. The maximum absolute atomic E-state index is 11.4. The maximum atomic E-state index is 11.4. The minimum atomic E-state index is -0.459. The number of rotatable bonds is 6. The molecule has 3 heteroatoms. The molecule has 0 aromatic heterocycles.